The first-order valence-electron chi connectivity index (χ1n) is 7.58. The van der Waals surface area contributed by atoms with Crippen LogP contribution in [-0.4, -0.2) is 50.4 Å². The Morgan fingerprint density at radius 3 is 2.43 bits per heavy atom. The van der Waals surface area contributed by atoms with Crippen molar-refractivity contribution in [2.45, 2.75) is 13.5 Å². The van der Waals surface area contributed by atoms with Gasteiger partial charge in [0.25, 0.3) is 0 Å². The Labute approximate surface area is 141 Å². The minimum Gasteiger partial charge on any atom is -0.383 e. The van der Waals surface area contributed by atoms with Gasteiger partial charge in [-0.3, -0.25) is 9.69 Å². The van der Waals surface area contributed by atoms with Gasteiger partial charge in [0.1, 0.15) is 0 Å². The SMILES string of the molecule is COCCN(CCOC)Cc1c(C)[nH]c2ccc(Cl)cc2c1=O. The second kappa shape index (κ2) is 8.45. The van der Waals surface area contributed by atoms with Crippen molar-refractivity contribution in [3.8, 4) is 0 Å². The average Bonchev–Trinajstić information content (AvgIpc) is 2.54. The molecule has 126 valence electrons. The molecule has 0 aliphatic rings. The number of rotatable bonds is 8. The Morgan fingerprint density at radius 2 is 1.83 bits per heavy atom. The average molecular weight is 339 g/mol. The van der Waals surface area contributed by atoms with E-state index in [4.69, 9.17) is 21.1 Å². The Bertz CT molecular complexity index is 707. The molecule has 23 heavy (non-hydrogen) atoms. The molecule has 0 fully saturated rings. The van der Waals surface area contributed by atoms with Gasteiger partial charge in [-0.25, -0.2) is 0 Å². The van der Waals surface area contributed by atoms with Crippen LogP contribution in [0.3, 0.4) is 0 Å². The van der Waals surface area contributed by atoms with E-state index in [0.29, 0.717) is 30.2 Å². The summed E-state index contributed by atoms with van der Waals surface area (Å²) in [6.07, 6.45) is 0. The number of hydrogen-bond donors (Lipinski definition) is 1. The lowest BCUT2D eigenvalue weighted by Crippen LogP contribution is -2.33. The van der Waals surface area contributed by atoms with Crippen LogP contribution < -0.4 is 5.43 Å². The quantitative estimate of drug-likeness (QED) is 0.803. The lowest BCUT2D eigenvalue weighted by molar-refractivity contribution is 0.110. The zero-order valence-electron chi connectivity index (χ0n) is 13.8. The van der Waals surface area contributed by atoms with Crippen molar-refractivity contribution in [1.29, 1.82) is 0 Å². The molecule has 0 aliphatic heterocycles. The predicted molar refractivity (Wildman–Crippen MR) is 93.3 cm³/mol. The number of aromatic amines is 1. The number of nitrogens with zero attached hydrogens (tertiary/aromatic N) is 1. The van der Waals surface area contributed by atoms with E-state index in [1.807, 2.05) is 13.0 Å². The van der Waals surface area contributed by atoms with Crippen molar-refractivity contribution < 1.29 is 9.47 Å². The van der Waals surface area contributed by atoms with Gasteiger partial charge in [-0.2, -0.15) is 0 Å². The number of aromatic nitrogens is 1. The maximum absolute atomic E-state index is 12.8. The Morgan fingerprint density at radius 1 is 1.17 bits per heavy atom. The van der Waals surface area contributed by atoms with E-state index < -0.39 is 0 Å². The van der Waals surface area contributed by atoms with Crippen molar-refractivity contribution in [2.24, 2.45) is 0 Å². The summed E-state index contributed by atoms with van der Waals surface area (Å²) >= 11 is 6.03. The second-order valence-electron chi connectivity index (χ2n) is 5.51. The zero-order chi connectivity index (χ0) is 16.8. The summed E-state index contributed by atoms with van der Waals surface area (Å²) in [4.78, 5) is 18.3. The molecule has 2 rings (SSSR count). The minimum atomic E-state index is 0.0265. The van der Waals surface area contributed by atoms with Crippen LogP contribution in [0, 0.1) is 6.92 Å². The third-order valence-corrected chi connectivity index (χ3v) is 4.12. The molecule has 6 heteroatoms. The largest absolute Gasteiger partial charge is 0.383 e. The summed E-state index contributed by atoms with van der Waals surface area (Å²) < 4.78 is 10.3. The summed E-state index contributed by atoms with van der Waals surface area (Å²) in [6.45, 7) is 5.19. The van der Waals surface area contributed by atoms with E-state index in [0.717, 1.165) is 29.9 Å². The van der Waals surface area contributed by atoms with E-state index in [-0.39, 0.29) is 5.43 Å². The van der Waals surface area contributed by atoms with Gasteiger partial charge in [0, 0.05) is 61.0 Å². The van der Waals surface area contributed by atoms with E-state index in [2.05, 4.69) is 9.88 Å². The van der Waals surface area contributed by atoms with Crippen molar-refractivity contribution in [3.05, 3.63) is 44.7 Å². The molecule has 2 aromatic rings. The number of benzene rings is 1. The molecule has 1 N–H and O–H groups in total. The molecule has 0 aliphatic carbocycles. The van der Waals surface area contributed by atoms with Crippen LogP contribution in [-0.2, 0) is 16.0 Å². The fourth-order valence-electron chi connectivity index (χ4n) is 2.55. The van der Waals surface area contributed by atoms with Crippen molar-refractivity contribution in [2.75, 3.05) is 40.5 Å². The third-order valence-electron chi connectivity index (χ3n) is 3.88. The molecule has 0 atom stereocenters. The highest BCUT2D eigenvalue weighted by atomic mass is 35.5. The normalized spacial score (nSPS) is 11.5. The van der Waals surface area contributed by atoms with Crippen LogP contribution in [0.15, 0.2) is 23.0 Å². The van der Waals surface area contributed by atoms with E-state index in [9.17, 15) is 4.79 Å². The molecule has 0 saturated heterocycles. The highest BCUT2D eigenvalue weighted by molar-refractivity contribution is 6.31. The maximum Gasteiger partial charge on any atom is 0.194 e. The Kier molecular flexibility index (Phi) is 6.59. The molecule has 0 amide bonds. The summed E-state index contributed by atoms with van der Waals surface area (Å²) in [5.41, 5.74) is 2.47. The maximum atomic E-state index is 12.8. The Hall–Kier alpha value is -1.40. The lowest BCUT2D eigenvalue weighted by Gasteiger charge is -2.22. The first kappa shape index (κ1) is 17.9. The second-order valence-corrected chi connectivity index (χ2v) is 5.95. The molecular formula is C17H23ClN2O3. The number of aryl methyl sites for hydroxylation is 1. The molecule has 0 saturated carbocycles. The van der Waals surface area contributed by atoms with Crippen molar-refractivity contribution in [3.63, 3.8) is 0 Å². The van der Waals surface area contributed by atoms with Gasteiger partial charge in [-0.05, 0) is 25.1 Å². The van der Waals surface area contributed by atoms with Crippen molar-refractivity contribution >= 4 is 22.5 Å². The van der Waals surface area contributed by atoms with E-state index >= 15 is 0 Å². The molecule has 0 unspecified atom stereocenters. The van der Waals surface area contributed by atoms with Crippen LogP contribution in [0.5, 0.6) is 0 Å². The lowest BCUT2D eigenvalue weighted by atomic mass is 10.1. The summed E-state index contributed by atoms with van der Waals surface area (Å²) in [7, 11) is 3.34. The molecular weight excluding hydrogens is 316 g/mol. The highest BCUT2D eigenvalue weighted by Gasteiger charge is 2.14. The smallest absolute Gasteiger partial charge is 0.194 e. The van der Waals surface area contributed by atoms with Gasteiger partial charge in [0.15, 0.2) is 5.43 Å². The molecule has 0 radical (unpaired) electrons. The van der Waals surface area contributed by atoms with Gasteiger partial charge in [0.05, 0.1) is 13.2 Å². The van der Waals surface area contributed by atoms with Gasteiger partial charge < -0.3 is 14.5 Å². The molecule has 0 spiro atoms. The fourth-order valence-corrected chi connectivity index (χ4v) is 2.72. The van der Waals surface area contributed by atoms with Gasteiger partial charge in [0.2, 0.25) is 0 Å². The number of ether oxygens (including phenoxy) is 2. The first-order valence-corrected chi connectivity index (χ1v) is 7.96. The van der Waals surface area contributed by atoms with Gasteiger partial charge in [-0.1, -0.05) is 11.6 Å². The van der Waals surface area contributed by atoms with Crippen LogP contribution >= 0.6 is 11.6 Å². The standard InChI is InChI=1S/C17H23ClN2O3/c1-12-15(11-20(6-8-22-2)7-9-23-3)17(21)14-10-13(18)4-5-16(14)19-12/h4-5,10H,6-9,11H2,1-3H3,(H,19,21). The minimum absolute atomic E-state index is 0.0265. The van der Waals surface area contributed by atoms with Crippen LogP contribution in [0.1, 0.15) is 11.3 Å². The number of hydrogen-bond acceptors (Lipinski definition) is 4. The van der Waals surface area contributed by atoms with Crippen LogP contribution in [0.2, 0.25) is 5.02 Å². The molecule has 5 nitrogen and oxygen atoms in total. The summed E-state index contributed by atoms with van der Waals surface area (Å²) in [5, 5.41) is 1.19. The zero-order valence-corrected chi connectivity index (χ0v) is 14.6. The van der Waals surface area contributed by atoms with E-state index in [1.54, 1.807) is 26.4 Å². The van der Waals surface area contributed by atoms with Crippen LogP contribution in [0.4, 0.5) is 0 Å². The first-order chi connectivity index (χ1) is 11.1. The predicted octanol–water partition coefficient (Wildman–Crippen LogP) is 2.58. The number of nitrogens with one attached hydrogen (secondary N) is 1. The van der Waals surface area contributed by atoms with Crippen LogP contribution in [0.25, 0.3) is 10.9 Å². The summed E-state index contributed by atoms with van der Waals surface area (Å²) in [6, 6.07) is 5.33. The number of methoxy groups -OCH3 is 2. The Balaban J connectivity index is 2.34. The molecule has 1 aromatic heterocycles. The van der Waals surface area contributed by atoms with Gasteiger partial charge in [-0.15, -0.1) is 0 Å². The monoisotopic (exact) mass is 338 g/mol. The number of H-pyrrole nitrogens is 1. The summed E-state index contributed by atoms with van der Waals surface area (Å²) in [5.74, 6) is 0. The topological polar surface area (TPSA) is 54.6 Å². The van der Waals surface area contributed by atoms with Crippen molar-refractivity contribution in [1.82, 2.24) is 9.88 Å². The third kappa shape index (κ3) is 4.54. The fraction of sp³-hybridized carbons (Fsp3) is 0.471. The molecule has 0 bridgehead atoms. The highest BCUT2D eigenvalue weighted by Crippen LogP contribution is 2.17. The number of pyridine rings is 1. The van der Waals surface area contributed by atoms with E-state index in [1.165, 1.54) is 0 Å². The molecule has 1 aromatic carbocycles. The van der Waals surface area contributed by atoms with Gasteiger partial charge >= 0.3 is 0 Å². The molecule has 1 heterocycles. The number of fused-ring (bicyclic) bond motifs is 1. The number of halogens is 1.